The molecule has 0 saturated carbocycles. The van der Waals surface area contributed by atoms with Gasteiger partial charge in [-0.15, -0.1) is 0 Å². The number of aliphatic hydroxyl groups excluding tert-OH is 1. The molecule has 0 aliphatic rings. The van der Waals surface area contributed by atoms with Crippen LogP contribution in [0.4, 0.5) is 0 Å². The number of nitrogens with one attached hydrogen (secondary N) is 1. The van der Waals surface area contributed by atoms with Gasteiger partial charge in [0.05, 0.1) is 0 Å². The smallest absolute Gasteiger partial charge is 0.219 e. The first-order valence-corrected chi connectivity index (χ1v) is 3.43. The van der Waals surface area contributed by atoms with E-state index in [2.05, 4.69) is 5.32 Å². The molecule has 2 N–H and O–H groups in total. The van der Waals surface area contributed by atoms with Gasteiger partial charge < -0.3 is 10.4 Å². The fourth-order valence-corrected chi connectivity index (χ4v) is 0.177. The summed E-state index contributed by atoms with van der Waals surface area (Å²) in [4.78, 5) is 10.1. The van der Waals surface area contributed by atoms with Crippen molar-refractivity contribution in [1.29, 1.82) is 0 Å². The molecule has 0 atom stereocenters. The second-order valence-corrected chi connectivity index (χ2v) is 2.12. The third kappa shape index (κ3) is 26.1. The predicted molar refractivity (Wildman–Crippen MR) is 41.7 cm³/mol. The van der Waals surface area contributed by atoms with Crippen LogP contribution in [0.5, 0.6) is 0 Å². The number of rotatable bonds is 1. The molecule has 0 fully saturated rings. The number of hydrogen-bond acceptors (Lipinski definition) is 2. The van der Waals surface area contributed by atoms with Gasteiger partial charge in [0.15, 0.2) is 0 Å². The quantitative estimate of drug-likeness (QED) is 0.568. The molecular formula is C7H17NO2. The third-order valence-electron chi connectivity index (χ3n) is 0.600. The summed E-state index contributed by atoms with van der Waals surface area (Å²) < 4.78 is 0. The zero-order valence-electron chi connectivity index (χ0n) is 7.14. The maximum absolute atomic E-state index is 10.1. The van der Waals surface area contributed by atoms with E-state index in [1.807, 2.05) is 6.92 Å². The van der Waals surface area contributed by atoms with Gasteiger partial charge in [-0.25, -0.2) is 0 Å². The monoisotopic (exact) mass is 147 g/mol. The summed E-state index contributed by atoms with van der Waals surface area (Å²) in [6, 6.07) is 0. The van der Waals surface area contributed by atoms with Crippen LogP contribution in [0.25, 0.3) is 0 Å². The standard InChI is InChI=1S/C4H9NO.C3H8O/c1-3-4(6)5-2;1-3(2)4/h3H2,1-2H3,(H,5,6);3-4H,1-2H3. The fourth-order valence-electron chi connectivity index (χ4n) is 0.177. The Bertz CT molecular complexity index is 72.9. The van der Waals surface area contributed by atoms with Gasteiger partial charge >= 0.3 is 0 Å². The van der Waals surface area contributed by atoms with Crippen molar-refractivity contribution < 1.29 is 9.90 Å². The van der Waals surface area contributed by atoms with Gasteiger partial charge in [-0.1, -0.05) is 6.92 Å². The Morgan fingerprint density at radius 1 is 1.60 bits per heavy atom. The summed E-state index contributed by atoms with van der Waals surface area (Å²) in [6.45, 7) is 5.26. The van der Waals surface area contributed by atoms with Crippen molar-refractivity contribution >= 4 is 5.91 Å². The molecule has 0 radical (unpaired) electrons. The van der Waals surface area contributed by atoms with Gasteiger partial charge in [0, 0.05) is 19.6 Å². The summed E-state index contributed by atoms with van der Waals surface area (Å²) in [7, 11) is 1.63. The van der Waals surface area contributed by atoms with Crippen molar-refractivity contribution in [2.45, 2.75) is 33.3 Å². The highest BCUT2D eigenvalue weighted by Gasteiger charge is 1.84. The summed E-state index contributed by atoms with van der Waals surface area (Å²) in [5.41, 5.74) is 0. The minimum Gasteiger partial charge on any atom is -0.394 e. The zero-order valence-corrected chi connectivity index (χ0v) is 7.14. The summed E-state index contributed by atoms with van der Waals surface area (Å²) in [5, 5.41) is 10.5. The first-order valence-electron chi connectivity index (χ1n) is 3.43. The lowest BCUT2D eigenvalue weighted by Crippen LogP contribution is -2.15. The van der Waals surface area contributed by atoms with Crippen LogP contribution >= 0.6 is 0 Å². The lowest BCUT2D eigenvalue weighted by atomic mass is 10.5. The molecule has 3 nitrogen and oxygen atoms in total. The minimum atomic E-state index is -0.167. The topological polar surface area (TPSA) is 49.3 Å². The van der Waals surface area contributed by atoms with Crippen molar-refractivity contribution in [2.75, 3.05) is 7.05 Å². The maximum atomic E-state index is 10.1. The van der Waals surface area contributed by atoms with Gasteiger partial charge in [-0.05, 0) is 13.8 Å². The molecule has 3 heteroatoms. The lowest BCUT2D eigenvalue weighted by molar-refractivity contribution is -0.120. The van der Waals surface area contributed by atoms with Crippen LogP contribution < -0.4 is 5.32 Å². The summed E-state index contributed by atoms with van der Waals surface area (Å²) >= 11 is 0. The number of hydrogen-bond donors (Lipinski definition) is 2. The SMILES string of the molecule is CC(C)O.CCC(=O)NC. The highest BCUT2D eigenvalue weighted by molar-refractivity contribution is 5.74. The molecule has 0 aromatic rings. The number of amides is 1. The molecule has 62 valence electrons. The van der Waals surface area contributed by atoms with Crippen LogP contribution in [0.15, 0.2) is 0 Å². The molecule has 0 heterocycles. The van der Waals surface area contributed by atoms with Crippen LogP contribution in [0.1, 0.15) is 27.2 Å². The molecular weight excluding hydrogens is 130 g/mol. The lowest BCUT2D eigenvalue weighted by Gasteiger charge is -1.87. The molecule has 1 amide bonds. The molecule has 0 aromatic carbocycles. The Labute approximate surface area is 62.4 Å². The van der Waals surface area contributed by atoms with E-state index in [0.717, 1.165) is 0 Å². The second kappa shape index (κ2) is 8.43. The molecule has 0 aliphatic heterocycles. The molecule has 0 rings (SSSR count). The largest absolute Gasteiger partial charge is 0.394 e. The highest BCUT2D eigenvalue weighted by Crippen LogP contribution is 1.68. The Morgan fingerprint density at radius 2 is 1.90 bits per heavy atom. The average molecular weight is 147 g/mol. The Kier molecular flexibility index (Phi) is 10.2. The molecule has 0 saturated heterocycles. The molecule has 0 spiro atoms. The first kappa shape index (κ1) is 12.1. The van der Waals surface area contributed by atoms with E-state index >= 15 is 0 Å². The van der Waals surface area contributed by atoms with Crippen LogP contribution in [-0.4, -0.2) is 24.2 Å². The van der Waals surface area contributed by atoms with E-state index in [9.17, 15) is 4.79 Å². The number of carbonyl (C=O) groups is 1. The van der Waals surface area contributed by atoms with Gasteiger partial charge in [0.1, 0.15) is 0 Å². The van der Waals surface area contributed by atoms with E-state index < -0.39 is 0 Å². The van der Waals surface area contributed by atoms with Crippen LogP contribution in [-0.2, 0) is 4.79 Å². The van der Waals surface area contributed by atoms with Gasteiger partial charge in [-0.3, -0.25) is 4.79 Å². The molecule has 10 heavy (non-hydrogen) atoms. The number of carbonyl (C=O) groups excluding carboxylic acids is 1. The zero-order chi connectivity index (χ0) is 8.57. The third-order valence-corrected chi connectivity index (χ3v) is 0.600. The minimum absolute atomic E-state index is 0.0926. The van der Waals surface area contributed by atoms with E-state index in [4.69, 9.17) is 5.11 Å². The molecule has 0 unspecified atom stereocenters. The van der Waals surface area contributed by atoms with Crippen LogP contribution in [0, 0.1) is 0 Å². The van der Waals surface area contributed by atoms with E-state index in [0.29, 0.717) is 6.42 Å². The molecule has 0 aliphatic carbocycles. The van der Waals surface area contributed by atoms with Crippen molar-refractivity contribution in [3.8, 4) is 0 Å². The normalized spacial score (nSPS) is 8.20. The van der Waals surface area contributed by atoms with Crippen molar-refractivity contribution in [2.24, 2.45) is 0 Å². The van der Waals surface area contributed by atoms with Gasteiger partial charge in [0.2, 0.25) is 5.91 Å². The Hall–Kier alpha value is -0.570. The Morgan fingerprint density at radius 3 is 1.90 bits per heavy atom. The van der Waals surface area contributed by atoms with Crippen LogP contribution in [0.2, 0.25) is 0 Å². The summed E-state index contributed by atoms with van der Waals surface area (Å²) in [6.07, 6.45) is 0.413. The van der Waals surface area contributed by atoms with Crippen molar-refractivity contribution in [3.63, 3.8) is 0 Å². The summed E-state index contributed by atoms with van der Waals surface area (Å²) in [5.74, 6) is 0.0926. The fraction of sp³-hybridized carbons (Fsp3) is 0.857. The van der Waals surface area contributed by atoms with Crippen molar-refractivity contribution in [3.05, 3.63) is 0 Å². The maximum Gasteiger partial charge on any atom is 0.219 e. The van der Waals surface area contributed by atoms with E-state index in [-0.39, 0.29) is 12.0 Å². The number of aliphatic hydroxyl groups is 1. The second-order valence-electron chi connectivity index (χ2n) is 2.12. The van der Waals surface area contributed by atoms with E-state index in [1.165, 1.54) is 0 Å². The van der Waals surface area contributed by atoms with Gasteiger partial charge in [-0.2, -0.15) is 0 Å². The highest BCUT2D eigenvalue weighted by atomic mass is 16.3. The molecule has 0 aromatic heterocycles. The van der Waals surface area contributed by atoms with E-state index in [1.54, 1.807) is 20.9 Å². The Balaban J connectivity index is 0. The van der Waals surface area contributed by atoms with Crippen molar-refractivity contribution in [1.82, 2.24) is 5.32 Å². The predicted octanol–water partition coefficient (Wildman–Crippen LogP) is 0.529. The average Bonchev–Trinajstić information content (AvgIpc) is 1.85. The first-order chi connectivity index (χ1) is 4.54. The van der Waals surface area contributed by atoms with Gasteiger partial charge in [0.25, 0.3) is 0 Å². The molecule has 0 bridgehead atoms. The van der Waals surface area contributed by atoms with Crippen LogP contribution in [0.3, 0.4) is 0 Å².